The third kappa shape index (κ3) is 5.42. The Morgan fingerprint density at radius 1 is 0.848 bits per heavy atom. The van der Waals surface area contributed by atoms with Gasteiger partial charge < -0.3 is 9.64 Å². The molecule has 0 aromatic heterocycles. The molecule has 0 fully saturated rings. The molecule has 0 aliphatic rings. The van der Waals surface area contributed by atoms with Gasteiger partial charge in [0.15, 0.2) is 0 Å². The second-order valence-corrected chi connectivity index (χ2v) is 10.1. The van der Waals surface area contributed by atoms with Crippen LogP contribution in [-0.4, -0.2) is 45.7 Å². The Bertz CT molecular complexity index is 1290. The summed E-state index contributed by atoms with van der Waals surface area (Å²) in [5.74, 6) is -0.666. The van der Waals surface area contributed by atoms with E-state index in [1.54, 1.807) is 43.4 Å². The summed E-state index contributed by atoms with van der Waals surface area (Å²) in [6.07, 6.45) is 0. The molecule has 0 aliphatic heterocycles. The Hall–Kier alpha value is -3.20. The molecule has 0 radical (unpaired) electrons. The van der Waals surface area contributed by atoms with Crippen LogP contribution < -0.4 is 9.64 Å². The number of carbonyl (C=O) groups excluding carboxylic acids is 2. The van der Waals surface area contributed by atoms with Crippen LogP contribution in [0.25, 0.3) is 0 Å². The summed E-state index contributed by atoms with van der Waals surface area (Å²) in [5, 5.41) is 0.00545. The first-order valence-corrected chi connectivity index (χ1v) is 11.7. The van der Waals surface area contributed by atoms with Crippen LogP contribution in [0.4, 0.5) is 5.69 Å². The Balaban J connectivity index is 1.75. The van der Waals surface area contributed by atoms with E-state index in [0.717, 1.165) is 9.87 Å². The van der Waals surface area contributed by atoms with Crippen LogP contribution >= 0.6 is 11.6 Å². The van der Waals surface area contributed by atoms with Gasteiger partial charge in [-0.1, -0.05) is 29.3 Å². The number of esters is 1. The van der Waals surface area contributed by atoms with Crippen LogP contribution in [-0.2, 0) is 10.0 Å². The van der Waals surface area contributed by atoms with Gasteiger partial charge in [0.2, 0.25) is 10.0 Å². The Labute approximate surface area is 198 Å². The molecule has 33 heavy (non-hydrogen) atoms. The van der Waals surface area contributed by atoms with Crippen molar-refractivity contribution >= 4 is 39.2 Å². The van der Waals surface area contributed by atoms with E-state index in [0.29, 0.717) is 11.3 Å². The highest BCUT2D eigenvalue weighted by atomic mass is 35.5. The largest absolute Gasteiger partial charge is 0.423 e. The maximum Gasteiger partial charge on any atom is 0.343 e. The van der Waals surface area contributed by atoms with Gasteiger partial charge in [0, 0.05) is 32.4 Å². The molecule has 0 saturated carbocycles. The molecule has 3 aromatic rings. The van der Waals surface area contributed by atoms with Gasteiger partial charge in [0.25, 0.3) is 5.91 Å². The zero-order valence-electron chi connectivity index (χ0n) is 18.6. The first-order valence-electron chi connectivity index (χ1n) is 9.90. The molecule has 0 N–H and O–H groups in total. The van der Waals surface area contributed by atoms with Gasteiger partial charge in [-0.25, -0.2) is 17.5 Å². The highest BCUT2D eigenvalue weighted by molar-refractivity contribution is 7.89. The topological polar surface area (TPSA) is 84.0 Å². The maximum atomic E-state index is 12.7. The van der Waals surface area contributed by atoms with Crippen LogP contribution in [0.5, 0.6) is 5.75 Å². The van der Waals surface area contributed by atoms with Crippen molar-refractivity contribution in [3.05, 3.63) is 88.4 Å². The Morgan fingerprint density at radius 3 is 2.00 bits per heavy atom. The highest BCUT2D eigenvalue weighted by Gasteiger charge is 2.23. The number of amides is 1. The minimum absolute atomic E-state index is 0.00545. The number of benzene rings is 3. The molecule has 0 unspecified atom stereocenters. The summed E-state index contributed by atoms with van der Waals surface area (Å²) in [7, 11) is 0.575. The molecule has 7 nitrogen and oxygen atoms in total. The fraction of sp³-hybridized carbons (Fsp3) is 0.167. The first-order chi connectivity index (χ1) is 15.5. The fourth-order valence-corrected chi connectivity index (χ4v) is 4.33. The highest BCUT2D eigenvalue weighted by Crippen LogP contribution is 2.26. The summed E-state index contributed by atoms with van der Waals surface area (Å²) in [6, 6.07) is 17.6. The number of aryl methyl sites for hydroxylation is 1. The number of ether oxygens (including phenoxy) is 1. The third-order valence-corrected chi connectivity index (χ3v) is 7.26. The lowest BCUT2D eigenvalue weighted by atomic mass is 10.1. The van der Waals surface area contributed by atoms with Crippen molar-refractivity contribution in [3.8, 4) is 5.75 Å². The number of hydrogen-bond acceptors (Lipinski definition) is 5. The van der Waals surface area contributed by atoms with Gasteiger partial charge in [0.05, 0.1) is 10.6 Å². The molecule has 0 spiro atoms. The predicted octanol–water partition coefficient (Wildman–Crippen LogP) is 4.39. The van der Waals surface area contributed by atoms with Crippen LogP contribution in [0.1, 0.15) is 26.3 Å². The van der Waals surface area contributed by atoms with Gasteiger partial charge in [0.1, 0.15) is 10.6 Å². The zero-order valence-corrected chi connectivity index (χ0v) is 20.1. The van der Waals surface area contributed by atoms with E-state index in [9.17, 15) is 18.0 Å². The lowest BCUT2D eigenvalue weighted by molar-refractivity contribution is 0.0734. The van der Waals surface area contributed by atoms with Crippen molar-refractivity contribution in [3.63, 3.8) is 0 Å². The Morgan fingerprint density at radius 2 is 1.42 bits per heavy atom. The molecule has 3 rings (SSSR count). The average Bonchev–Trinajstić information content (AvgIpc) is 2.79. The van der Waals surface area contributed by atoms with Crippen molar-refractivity contribution in [2.24, 2.45) is 0 Å². The molecule has 0 heterocycles. The summed E-state index contributed by atoms with van der Waals surface area (Å²) < 4.78 is 31.2. The summed E-state index contributed by atoms with van der Waals surface area (Å²) in [6.45, 7) is 1.95. The zero-order chi connectivity index (χ0) is 24.3. The van der Waals surface area contributed by atoms with Gasteiger partial charge in [-0.2, -0.15) is 0 Å². The first kappa shape index (κ1) is 24.4. The number of halogens is 1. The summed E-state index contributed by atoms with van der Waals surface area (Å²) in [4.78, 5) is 26.6. The van der Waals surface area contributed by atoms with Crippen LogP contribution in [0.3, 0.4) is 0 Å². The van der Waals surface area contributed by atoms with Gasteiger partial charge in [-0.05, 0) is 61.5 Å². The van der Waals surface area contributed by atoms with E-state index < -0.39 is 16.0 Å². The van der Waals surface area contributed by atoms with E-state index in [2.05, 4.69) is 0 Å². The number of rotatable bonds is 6. The third-order valence-electron chi connectivity index (χ3n) is 4.96. The molecule has 0 atom stereocenters. The van der Waals surface area contributed by atoms with E-state index in [1.807, 2.05) is 19.1 Å². The average molecular weight is 487 g/mol. The molecule has 1 amide bonds. The van der Waals surface area contributed by atoms with E-state index in [-0.39, 0.29) is 27.1 Å². The van der Waals surface area contributed by atoms with Crippen LogP contribution in [0.2, 0.25) is 5.02 Å². The second kappa shape index (κ2) is 9.74. The standard InChI is InChI=1S/C24H23ClN2O5S/c1-16-5-7-17(8-6-16)23(28)27(4)19-10-12-20(13-11-19)32-24(29)18-9-14-21(25)22(15-18)33(30,31)26(2)3/h5-15H,1-4H3. The van der Waals surface area contributed by atoms with Crippen LogP contribution in [0, 0.1) is 6.92 Å². The van der Waals surface area contributed by atoms with E-state index in [1.165, 1.54) is 37.2 Å². The molecule has 0 aliphatic carbocycles. The van der Waals surface area contributed by atoms with Crippen molar-refractivity contribution in [1.82, 2.24) is 4.31 Å². The fourth-order valence-electron chi connectivity index (χ4n) is 2.94. The van der Waals surface area contributed by atoms with Crippen molar-refractivity contribution in [2.45, 2.75) is 11.8 Å². The molecule has 172 valence electrons. The summed E-state index contributed by atoms with van der Waals surface area (Å²) in [5.41, 5.74) is 2.28. The lowest BCUT2D eigenvalue weighted by Gasteiger charge is -2.18. The van der Waals surface area contributed by atoms with Crippen LogP contribution in [0.15, 0.2) is 71.6 Å². The predicted molar refractivity (Wildman–Crippen MR) is 128 cm³/mol. The van der Waals surface area contributed by atoms with Crippen molar-refractivity contribution in [1.29, 1.82) is 0 Å². The number of carbonyl (C=O) groups is 2. The van der Waals surface area contributed by atoms with Gasteiger partial charge >= 0.3 is 5.97 Å². The van der Waals surface area contributed by atoms with E-state index in [4.69, 9.17) is 16.3 Å². The molecule has 9 heteroatoms. The van der Waals surface area contributed by atoms with E-state index >= 15 is 0 Å². The Kier molecular flexibility index (Phi) is 7.22. The SMILES string of the molecule is Cc1ccc(C(=O)N(C)c2ccc(OC(=O)c3ccc(Cl)c(S(=O)(=O)N(C)C)c3)cc2)cc1. The minimum atomic E-state index is -3.83. The van der Waals surface area contributed by atoms with Crippen molar-refractivity contribution in [2.75, 3.05) is 26.0 Å². The normalized spacial score (nSPS) is 11.3. The molecular formula is C24H23ClN2O5S. The molecule has 0 saturated heterocycles. The van der Waals surface area contributed by atoms with Crippen molar-refractivity contribution < 1.29 is 22.7 Å². The van der Waals surface area contributed by atoms with Gasteiger partial charge in [-0.15, -0.1) is 0 Å². The monoisotopic (exact) mass is 486 g/mol. The van der Waals surface area contributed by atoms with Gasteiger partial charge in [-0.3, -0.25) is 4.79 Å². The molecular weight excluding hydrogens is 464 g/mol. The smallest absolute Gasteiger partial charge is 0.343 e. The second-order valence-electron chi connectivity index (χ2n) is 7.55. The molecule has 3 aromatic carbocycles. The summed E-state index contributed by atoms with van der Waals surface area (Å²) >= 11 is 6.02. The number of sulfonamides is 1. The number of anilines is 1. The number of nitrogens with zero attached hydrogens (tertiary/aromatic N) is 2. The number of hydrogen-bond donors (Lipinski definition) is 0. The molecule has 0 bridgehead atoms. The lowest BCUT2D eigenvalue weighted by Crippen LogP contribution is -2.26. The maximum absolute atomic E-state index is 12.7. The minimum Gasteiger partial charge on any atom is -0.423 e. The quantitative estimate of drug-likeness (QED) is 0.381.